The van der Waals surface area contributed by atoms with Crippen LogP contribution < -0.4 is 26.0 Å². The molecule has 5 N–H and O–H groups in total. The number of methoxy groups -OCH3 is 1. The summed E-state index contributed by atoms with van der Waals surface area (Å²) in [6.07, 6.45) is 4.20. The number of pyridine rings is 1. The average Bonchev–Trinajstić information content (AvgIpc) is 4.06. The van der Waals surface area contributed by atoms with Crippen molar-refractivity contribution < 1.29 is 28.7 Å². The minimum Gasteiger partial charge on any atom is -0.495 e. The molecule has 0 aliphatic carbocycles. The highest BCUT2D eigenvalue weighted by Gasteiger charge is 2.41. The Labute approximate surface area is 359 Å². The van der Waals surface area contributed by atoms with E-state index < -0.39 is 23.4 Å². The number of anilines is 1. The third kappa shape index (κ3) is 11.7. The zero-order valence-corrected chi connectivity index (χ0v) is 36.0. The van der Waals surface area contributed by atoms with Crippen molar-refractivity contribution >= 4 is 46.6 Å². The second-order valence-corrected chi connectivity index (χ2v) is 16.9. The van der Waals surface area contributed by atoms with E-state index in [0.717, 1.165) is 27.3 Å². The highest BCUT2D eigenvalue weighted by atomic mass is 32.1. The summed E-state index contributed by atoms with van der Waals surface area (Å²) in [5.74, 6) is -0.946. The highest BCUT2D eigenvalue weighted by Crippen LogP contribution is 2.29. The van der Waals surface area contributed by atoms with Gasteiger partial charge in [0, 0.05) is 38.7 Å². The van der Waals surface area contributed by atoms with Crippen LogP contribution in [0, 0.1) is 12.3 Å². The van der Waals surface area contributed by atoms with E-state index in [9.17, 15) is 24.0 Å². The van der Waals surface area contributed by atoms with Gasteiger partial charge in [-0.1, -0.05) is 57.2 Å². The number of nitrogens with zero attached hydrogens (tertiary/aromatic N) is 4. The van der Waals surface area contributed by atoms with Gasteiger partial charge in [-0.3, -0.25) is 29.1 Å². The number of H-pyrrole nitrogens is 1. The third-order valence-electron chi connectivity index (χ3n) is 10.5. The molecule has 16 heteroatoms. The molecule has 0 bridgehead atoms. The molecular formula is C45H53N9O6S. The first-order chi connectivity index (χ1) is 29.3. The summed E-state index contributed by atoms with van der Waals surface area (Å²) in [6, 6.07) is 18.7. The lowest BCUT2D eigenvalue weighted by molar-refractivity contribution is -0.144. The van der Waals surface area contributed by atoms with Crippen molar-refractivity contribution in [1.29, 1.82) is 0 Å². The highest BCUT2D eigenvalue weighted by molar-refractivity contribution is 7.13. The normalized spacial score (nSPS) is 14.2. The number of nitrogens with one attached hydrogen (secondary N) is 5. The van der Waals surface area contributed by atoms with E-state index in [1.807, 2.05) is 57.5 Å². The molecule has 1 saturated heterocycles. The number of ether oxygens (including phenoxy) is 1. The molecule has 5 amide bonds. The summed E-state index contributed by atoms with van der Waals surface area (Å²) in [5, 5.41) is 18.5. The van der Waals surface area contributed by atoms with Crippen LogP contribution in [-0.4, -0.2) is 80.3 Å². The number of aryl methyl sites for hydroxylation is 1. The molecule has 2 aromatic carbocycles. The van der Waals surface area contributed by atoms with Crippen LogP contribution >= 0.6 is 11.3 Å². The van der Waals surface area contributed by atoms with E-state index in [1.165, 1.54) is 7.11 Å². The van der Waals surface area contributed by atoms with Gasteiger partial charge in [0.1, 0.15) is 29.2 Å². The Morgan fingerprint density at radius 3 is 2.34 bits per heavy atom. The number of rotatable bonds is 17. The van der Waals surface area contributed by atoms with Crippen molar-refractivity contribution in [3.8, 4) is 27.6 Å². The molecule has 320 valence electrons. The lowest BCUT2D eigenvalue weighted by atomic mass is 9.85. The number of carbonyl (C=O) groups excluding carboxylic acids is 5. The van der Waals surface area contributed by atoms with Crippen LogP contribution in [0.1, 0.15) is 86.6 Å². The summed E-state index contributed by atoms with van der Waals surface area (Å²) in [7, 11) is 1.50. The van der Waals surface area contributed by atoms with Crippen molar-refractivity contribution in [2.24, 2.45) is 5.41 Å². The van der Waals surface area contributed by atoms with E-state index in [1.54, 1.807) is 64.9 Å². The first-order valence-corrected chi connectivity index (χ1v) is 21.3. The van der Waals surface area contributed by atoms with Gasteiger partial charge in [0.05, 0.1) is 34.6 Å². The summed E-state index contributed by atoms with van der Waals surface area (Å²) in [6.45, 7) is 8.67. The Bertz CT molecular complexity index is 2320. The number of unbranched alkanes of at least 4 members (excludes halogenated alkanes) is 1. The maximum atomic E-state index is 14.0. The van der Waals surface area contributed by atoms with Gasteiger partial charge in [0.15, 0.2) is 0 Å². The fraction of sp³-hybridized carbons (Fsp3) is 0.378. The Kier molecular flexibility index (Phi) is 14.6. The van der Waals surface area contributed by atoms with Gasteiger partial charge in [0.25, 0.3) is 5.91 Å². The van der Waals surface area contributed by atoms with Gasteiger partial charge in [-0.2, -0.15) is 5.10 Å². The molecule has 0 spiro atoms. The maximum absolute atomic E-state index is 14.0. The molecule has 1 aliphatic heterocycles. The molecule has 0 radical (unpaired) electrons. The molecule has 3 aromatic heterocycles. The Hall–Kier alpha value is -6.42. The summed E-state index contributed by atoms with van der Waals surface area (Å²) in [5.41, 5.74) is 6.84. The lowest BCUT2D eigenvalue weighted by Crippen LogP contribution is -2.57. The smallest absolute Gasteiger partial charge is 0.274 e. The van der Waals surface area contributed by atoms with Gasteiger partial charge in [0.2, 0.25) is 23.6 Å². The van der Waals surface area contributed by atoms with Crippen LogP contribution in [-0.2, 0) is 32.3 Å². The lowest BCUT2D eigenvalue weighted by Gasteiger charge is -2.35. The van der Waals surface area contributed by atoms with E-state index in [2.05, 4.69) is 41.4 Å². The third-order valence-corrected chi connectivity index (χ3v) is 11.5. The number of likely N-dealkylation sites (tertiary alicyclic amines) is 1. The van der Waals surface area contributed by atoms with Crippen molar-refractivity contribution in [3.63, 3.8) is 0 Å². The number of aromatic nitrogens is 4. The maximum Gasteiger partial charge on any atom is 0.274 e. The number of hydrogen-bond acceptors (Lipinski definition) is 10. The van der Waals surface area contributed by atoms with Crippen molar-refractivity contribution in [2.75, 3.05) is 19.0 Å². The number of amides is 5. The van der Waals surface area contributed by atoms with E-state index >= 15 is 0 Å². The molecule has 5 aromatic rings. The van der Waals surface area contributed by atoms with Gasteiger partial charge < -0.3 is 30.9 Å². The molecule has 0 unspecified atom stereocenters. The number of hydrogen-bond donors (Lipinski definition) is 5. The molecule has 61 heavy (non-hydrogen) atoms. The Morgan fingerprint density at radius 1 is 0.918 bits per heavy atom. The summed E-state index contributed by atoms with van der Waals surface area (Å²) < 4.78 is 5.52. The summed E-state index contributed by atoms with van der Waals surface area (Å²) in [4.78, 5) is 77.7. The predicted molar refractivity (Wildman–Crippen MR) is 233 cm³/mol. The van der Waals surface area contributed by atoms with Gasteiger partial charge in [-0.15, -0.1) is 11.3 Å². The average molecular weight is 848 g/mol. The molecule has 0 saturated carbocycles. The van der Waals surface area contributed by atoms with Crippen LogP contribution in [0.25, 0.3) is 21.8 Å². The number of thiazole rings is 1. The standard InChI is InChI=1S/C45H53N9O6S/c1-28-40(61-27-48-28)31-18-15-29(16-19-31)25-47-43(58)36-12-9-23-54(36)44(59)41(45(2,3)4)52-39(56)14-7-6-13-38(55)46-26-30-17-20-34(37(24-30)60-5)51-42(57)35-11-8-10-32(50-35)33-21-22-49-53-33/h8,10-11,15-22,24,27,36,41H,6-7,9,12-14,23,25-26H2,1-5H3,(H,46,55)(H,47,58)(H,49,53)(H,51,57)(H,52,56)/t36-,41+/m0/s1. The van der Waals surface area contributed by atoms with Crippen molar-refractivity contribution in [1.82, 2.24) is 41.0 Å². The fourth-order valence-corrected chi connectivity index (χ4v) is 7.92. The molecule has 1 fully saturated rings. The largest absolute Gasteiger partial charge is 0.495 e. The van der Waals surface area contributed by atoms with Crippen molar-refractivity contribution in [3.05, 3.63) is 101 Å². The first kappa shape index (κ1) is 44.1. The zero-order valence-electron chi connectivity index (χ0n) is 35.2. The van der Waals surface area contributed by atoms with E-state index in [-0.39, 0.29) is 48.7 Å². The fourth-order valence-electron chi connectivity index (χ4n) is 7.11. The molecule has 6 rings (SSSR count). The second-order valence-electron chi connectivity index (χ2n) is 16.1. The predicted octanol–water partition coefficient (Wildman–Crippen LogP) is 6.18. The van der Waals surface area contributed by atoms with Gasteiger partial charge >= 0.3 is 0 Å². The topological polar surface area (TPSA) is 200 Å². The number of benzene rings is 2. The van der Waals surface area contributed by atoms with Crippen LogP contribution in [0.2, 0.25) is 0 Å². The quantitative estimate of drug-likeness (QED) is 0.0678. The van der Waals surface area contributed by atoms with Gasteiger partial charge in [-0.25, -0.2) is 9.97 Å². The Balaban J connectivity index is 0.925. The summed E-state index contributed by atoms with van der Waals surface area (Å²) >= 11 is 1.59. The SMILES string of the molecule is COc1cc(CNC(=O)CCCCC(=O)N[C@H](C(=O)N2CCC[C@H]2C(=O)NCc2ccc(-c3scnc3C)cc2)C(C)(C)C)ccc1NC(=O)c1cccc(-c2cc[nH]n2)n1. The van der Waals surface area contributed by atoms with Crippen LogP contribution in [0.3, 0.4) is 0 Å². The molecule has 15 nitrogen and oxygen atoms in total. The van der Waals surface area contributed by atoms with Crippen LogP contribution in [0.4, 0.5) is 5.69 Å². The second kappa shape index (κ2) is 20.2. The number of aromatic amines is 1. The minimum atomic E-state index is -0.827. The van der Waals surface area contributed by atoms with Crippen LogP contribution in [0.15, 0.2) is 78.4 Å². The minimum absolute atomic E-state index is 0.144. The van der Waals surface area contributed by atoms with Gasteiger partial charge in [-0.05, 0) is 85.0 Å². The molecule has 1 aliphatic rings. The molecular weight excluding hydrogens is 795 g/mol. The monoisotopic (exact) mass is 847 g/mol. The number of carbonyl (C=O) groups is 5. The van der Waals surface area contributed by atoms with E-state index in [4.69, 9.17) is 4.74 Å². The van der Waals surface area contributed by atoms with Crippen LogP contribution in [0.5, 0.6) is 5.75 Å². The zero-order chi connectivity index (χ0) is 43.5. The van der Waals surface area contributed by atoms with E-state index in [0.29, 0.717) is 61.6 Å². The molecule has 4 heterocycles. The molecule has 2 atom stereocenters. The Morgan fingerprint density at radius 2 is 1.66 bits per heavy atom. The first-order valence-electron chi connectivity index (χ1n) is 20.4. The van der Waals surface area contributed by atoms with Crippen molar-refractivity contribution in [2.45, 2.75) is 91.4 Å².